The van der Waals surface area contributed by atoms with Crippen molar-refractivity contribution in [1.29, 1.82) is 0 Å². The van der Waals surface area contributed by atoms with Crippen molar-refractivity contribution in [3.8, 4) is 0 Å². The maximum Gasteiger partial charge on any atom is 0.0593 e. The number of rotatable bonds is 9. The van der Waals surface area contributed by atoms with Crippen molar-refractivity contribution in [3.63, 3.8) is 0 Å². The van der Waals surface area contributed by atoms with Gasteiger partial charge in [0.2, 0.25) is 0 Å². The Bertz CT molecular complexity index is 247. The number of nitrogens with zero attached hydrogens (tertiary/aromatic N) is 1. The molecule has 120 valence electrons. The Balaban J connectivity index is 2.53. The van der Waals surface area contributed by atoms with E-state index in [0.29, 0.717) is 5.92 Å². The van der Waals surface area contributed by atoms with Gasteiger partial charge in [-0.25, -0.2) is 0 Å². The van der Waals surface area contributed by atoms with E-state index in [1.165, 1.54) is 32.1 Å². The fourth-order valence-electron chi connectivity index (χ4n) is 3.30. The molecule has 2 N–H and O–H groups in total. The highest BCUT2D eigenvalue weighted by atomic mass is 16.5. The Morgan fingerprint density at radius 2 is 1.90 bits per heavy atom. The first-order valence-electron chi connectivity index (χ1n) is 8.57. The molecular weight excluding hydrogens is 248 g/mol. The van der Waals surface area contributed by atoms with E-state index in [-0.39, 0.29) is 5.54 Å². The molecule has 0 heterocycles. The molecule has 1 aliphatic carbocycles. The molecule has 0 aromatic heterocycles. The standard InChI is InChI=1S/C17H36N2O/c1-5-10-19(11-12-20-13-15(2)3)17(14-18)8-6-16(4)7-9-17/h15-16H,5-14,18H2,1-4H3. The summed E-state index contributed by atoms with van der Waals surface area (Å²) < 4.78 is 5.79. The summed E-state index contributed by atoms with van der Waals surface area (Å²) in [6, 6.07) is 0. The van der Waals surface area contributed by atoms with Gasteiger partial charge in [0.25, 0.3) is 0 Å². The van der Waals surface area contributed by atoms with Crippen LogP contribution in [0.15, 0.2) is 0 Å². The van der Waals surface area contributed by atoms with Crippen LogP contribution in [0.25, 0.3) is 0 Å². The van der Waals surface area contributed by atoms with Crippen LogP contribution in [-0.2, 0) is 4.74 Å². The fourth-order valence-corrected chi connectivity index (χ4v) is 3.30. The van der Waals surface area contributed by atoms with Gasteiger partial charge in [0.1, 0.15) is 0 Å². The van der Waals surface area contributed by atoms with Gasteiger partial charge in [0.15, 0.2) is 0 Å². The molecule has 1 saturated carbocycles. The second kappa shape index (κ2) is 9.01. The molecule has 1 aliphatic rings. The minimum Gasteiger partial charge on any atom is -0.380 e. The van der Waals surface area contributed by atoms with Crippen LogP contribution in [0.3, 0.4) is 0 Å². The summed E-state index contributed by atoms with van der Waals surface area (Å²) >= 11 is 0. The molecule has 3 nitrogen and oxygen atoms in total. The molecule has 0 saturated heterocycles. The van der Waals surface area contributed by atoms with Crippen molar-refractivity contribution in [3.05, 3.63) is 0 Å². The van der Waals surface area contributed by atoms with Crippen LogP contribution in [0.5, 0.6) is 0 Å². The highest BCUT2D eigenvalue weighted by molar-refractivity contribution is 4.95. The second-order valence-corrected chi connectivity index (χ2v) is 7.07. The molecule has 0 aromatic rings. The van der Waals surface area contributed by atoms with Gasteiger partial charge < -0.3 is 10.5 Å². The number of nitrogens with two attached hydrogens (primary N) is 1. The lowest BCUT2D eigenvalue weighted by Crippen LogP contribution is -2.56. The van der Waals surface area contributed by atoms with Crippen LogP contribution in [0.4, 0.5) is 0 Å². The molecule has 0 bridgehead atoms. The van der Waals surface area contributed by atoms with Crippen LogP contribution in [0.1, 0.15) is 59.8 Å². The predicted molar refractivity (Wildman–Crippen MR) is 86.9 cm³/mol. The van der Waals surface area contributed by atoms with E-state index in [9.17, 15) is 0 Å². The van der Waals surface area contributed by atoms with Gasteiger partial charge in [-0.3, -0.25) is 4.90 Å². The lowest BCUT2D eigenvalue weighted by atomic mass is 9.76. The normalized spacial score (nSPS) is 27.4. The van der Waals surface area contributed by atoms with Crippen LogP contribution in [0, 0.1) is 11.8 Å². The largest absolute Gasteiger partial charge is 0.380 e. The average Bonchev–Trinajstić information content (AvgIpc) is 2.43. The predicted octanol–water partition coefficient (Wildman–Crippen LogP) is 3.28. The Labute approximate surface area is 126 Å². The maximum absolute atomic E-state index is 6.18. The van der Waals surface area contributed by atoms with E-state index >= 15 is 0 Å². The van der Waals surface area contributed by atoms with Crippen molar-refractivity contribution in [1.82, 2.24) is 4.90 Å². The molecule has 0 aromatic carbocycles. The van der Waals surface area contributed by atoms with Crippen LogP contribution < -0.4 is 5.73 Å². The van der Waals surface area contributed by atoms with E-state index < -0.39 is 0 Å². The molecule has 3 heteroatoms. The Hall–Kier alpha value is -0.120. The van der Waals surface area contributed by atoms with Crippen LogP contribution >= 0.6 is 0 Å². The summed E-state index contributed by atoms with van der Waals surface area (Å²) in [5, 5.41) is 0. The fraction of sp³-hybridized carbons (Fsp3) is 1.00. The molecule has 0 radical (unpaired) electrons. The van der Waals surface area contributed by atoms with Crippen molar-refractivity contribution >= 4 is 0 Å². The summed E-state index contributed by atoms with van der Waals surface area (Å²) in [6.07, 6.45) is 6.36. The first kappa shape index (κ1) is 17.9. The van der Waals surface area contributed by atoms with Gasteiger partial charge in [-0.1, -0.05) is 27.7 Å². The molecule has 0 aliphatic heterocycles. The lowest BCUT2D eigenvalue weighted by Gasteiger charge is -2.47. The minimum absolute atomic E-state index is 0.240. The molecule has 0 spiro atoms. The van der Waals surface area contributed by atoms with E-state index in [1.807, 2.05) is 0 Å². The van der Waals surface area contributed by atoms with E-state index in [4.69, 9.17) is 10.5 Å². The zero-order valence-electron chi connectivity index (χ0n) is 14.2. The Morgan fingerprint density at radius 1 is 1.25 bits per heavy atom. The highest BCUT2D eigenvalue weighted by Crippen LogP contribution is 2.35. The summed E-state index contributed by atoms with van der Waals surface area (Å²) in [4.78, 5) is 2.62. The second-order valence-electron chi connectivity index (χ2n) is 7.07. The molecule has 20 heavy (non-hydrogen) atoms. The van der Waals surface area contributed by atoms with Gasteiger partial charge in [0.05, 0.1) is 6.61 Å². The van der Waals surface area contributed by atoms with E-state index in [1.54, 1.807) is 0 Å². The third-order valence-electron chi connectivity index (χ3n) is 4.71. The van der Waals surface area contributed by atoms with Crippen molar-refractivity contribution in [2.24, 2.45) is 17.6 Å². The SMILES string of the molecule is CCCN(CCOCC(C)C)C1(CN)CCC(C)CC1. The molecule has 0 atom stereocenters. The maximum atomic E-state index is 6.18. The van der Waals surface area contributed by atoms with Crippen LogP contribution in [-0.4, -0.2) is 43.3 Å². The number of hydrogen-bond acceptors (Lipinski definition) is 3. The average molecular weight is 284 g/mol. The smallest absolute Gasteiger partial charge is 0.0593 e. The molecule has 1 rings (SSSR count). The first-order chi connectivity index (χ1) is 9.54. The number of hydrogen-bond donors (Lipinski definition) is 1. The van der Waals surface area contributed by atoms with Crippen molar-refractivity contribution in [2.45, 2.75) is 65.3 Å². The lowest BCUT2D eigenvalue weighted by molar-refractivity contribution is 0.0113. The third-order valence-corrected chi connectivity index (χ3v) is 4.71. The summed E-state index contributed by atoms with van der Waals surface area (Å²) in [7, 11) is 0. The molecule has 0 unspecified atom stereocenters. The van der Waals surface area contributed by atoms with Crippen molar-refractivity contribution < 1.29 is 4.74 Å². The third kappa shape index (κ3) is 5.34. The van der Waals surface area contributed by atoms with Gasteiger partial charge in [-0.2, -0.15) is 0 Å². The molecule has 1 fully saturated rings. The van der Waals surface area contributed by atoms with Gasteiger partial charge in [0, 0.05) is 25.2 Å². The van der Waals surface area contributed by atoms with Gasteiger partial charge in [-0.15, -0.1) is 0 Å². The minimum atomic E-state index is 0.240. The quantitative estimate of drug-likeness (QED) is 0.660. The Kier molecular flexibility index (Phi) is 8.08. The first-order valence-corrected chi connectivity index (χ1v) is 8.57. The van der Waals surface area contributed by atoms with E-state index in [0.717, 1.165) is 38.8 Å². The summed E-state index contributed by atoms with van der Waals surface area (Å²) in [5.74, 6) is 1.49. The van der Waals surface area contributed by atoms with Crippen LogP contribution in [0.2, 0.25) is 0 Å². The molecular formula is C17H36N2O. The van der Waals surface area contributed by atoms with E-state index in [2.05, 4.69) is 32.6 Å². The van der Waals surface area contributed by atoms with Gasteiger partial charge in [-0.05, 0) is 50.5 Å². The zero-order valence-corrected chi connectivity index (χ0v) is 14.2. The van der Waals surface area contributed by atoms with Gasteiger partial charge >= 0.3 is 0 Å². The topological polar surface area (TPSA) is 38.5 Å². The van der Waals surface area contributed by atoms with Crippen molar-refractivity contribution in [2.75, 3.05) is 32.8 Å². The summed E-state index contributed by atoms with van der Waals surface area (Å²) in [6.45, 7) is 13.7. The number of ether oxygens (including phenoxy) is 1. The monoisotopic (exact) mass is 284 g/mol. The highest BCUT2D eigenvalue weighted by Gasteiger charge is 2.37. The zero-order chi connectivity index (χ0) is 15.0. The molecule has 0 amide bonds. The summed E-state index contributed by atoms with van der Waals surface area (Å²) in [5.41, 5.74) is 6.42. The Morgan fingerprint density at radius 3 is 2.40 bits per heavy atom.